The summed E-state index contributed by atoms with van der Waals surface area (Å²) in [5.41, 5.74) is 1.43. The molecule has 254 valence electrons. The lowest BCUT2D eigenvalue weighted by molar-refractivity contribution is -0.142. The minimum absolute atomic E-state index is 0.0977. The van der Waals surface area contributed by atoms with Gasteiger partial charge in [0.15, 0.2) is 5.58 Å². The maximum atomic E-state index is 14.0. The number of aliphatic hydroxyl groups excluding tert-OH is 1. The first-order valence-electron chi connectivity index (χ1n) is 15.4. The second-order valence-corrected chi connectivity index (χ2v) is 11.4. The number of likely N-dealkylation sites (N-methyl/N-ethyl adjacent to an activating group) is 1. The molecule has 1 saturated heterocycles. The highest BCUT2D eigenvalue weighted by Gasteiger charge is 2.44. The number of oxazole rings is 1. The highest BCUT2D eigenvalue weighted by Crippen LogP contribution is 2.33. The summed E-state index contributed by atoms with van der Waals surface area (Å²) < 4.78 is 63.0. The SMILES string of the molecule is CN(CCOc1ccc([C@@H](O)[C@H](Oc2cccc(C(F)(F)F)c2)C(=O)N2C(=O)OC[C@@H]2Cc2ccccc2)cc1)c1nc2ccccc2o1. The Morgan fingerprint density at radius 3 is 2.47 bits per heavy atom. The Labute approximate surface area is 279 Å². The molecule has 4 aromatic carbocycles. The Kier molecular flexibility index (Phi) is 9.72. The first kappa shape index (κ1) is 33.3. The van der Waals surface area contributed by atoms with Gasteiger partial charge in [0.1, 0.15) is 36.3 Å². The van der Waals surface area contributed by atoms with E-state index < -0.39 is 42.0 Å². The normalized spacial score (nSPS) is 15.9. The number of amides is 2. The van der Waals surface area contributed by atoms with Crippen LogP contribution in [0.4, 0.5) is 24.0 Å². The molecule has 0 saturated carbocycles. The standard InChI is InChI=1S/C36H32F3N3O7/c1-41(34-40-29-12-5-6-13-30(29)49-34)18-19-46-27-16-14-24(15-17-27)31(43)32(48-28-11-7-10-25(21-28)36(37,38)39)33(44)42-26(22-47-35(42)45)20-23-8-3-2-4-9-23/h2-17,21,26,31-32,43H,18-20,22H2,1H3/t26-,31+,32-/m0/s1. The number of nitrogens with zero attached hydrogens (tertiary/aromatic N) is 3. The Morgan fingerprint density at radius 2 is 1.73 bits per heavy atom. The lowest BCUT2D eigenvalue weighted by Gasteiger charge is -2.29. The Balaban J connectivity index is 1.18. The van der Waals surface area contributed by atoms with Gasteiger partial charge in [0.2, 0.25) is 6.10 Å². The summed E-state index contributed by atoms with van der Waals surface area (Å²) in [6.07, 6.45) is -8.85. The first-order chi connectivity index (χ1) is 23.6. The van der Waals surface area contributed by atoms with Crippen molar-refractivity contribution in [2.45, 2.75) is 30.8 Å². The van der Waals surface area contributed by atoms with Crippen LogP contribution in [0.15, 0.2) is 108 Å². The molecule has 10 nitrogen and oxygen atoms in total. The summed E-state index contributed by atoms with van der Waals surface area (Å²) in [5.74, 6) is -0.826. The first-order valence-corrected chi connectivity index (χ1v) is 15.4. The molecule has 1 fully saturated rings. The lowest BCUT2D eigenvalue weighted by Crippen LogP contribution is -2.49. The summed E-state index contributed by atoms with van der Waals surface area (Å²) in [6, 6.07) is 26.3. The summed E-state index contributed by atoms with van der Waals surface area (Å²) in [7, 11) is 1.82. The van der Waals surface area contributed by atoms with Crippen LogP contribution in [0.2, 0.25) is 0 Å². The number of rotatable bonds is 12. The summed E-state index contributed by atoms with van der Waals surface area (Å²) in [5, 5.41) is 11.5. The van der Waals surface area contributed by atoms with Crippen molar-refractivity contribution in [3.8, 4) is 11.5 Å². The van der Waals surface area contributed by atoms with Gasteiger partial charge in [0.05, 0.1) is 18.2 Å². The summed E-state index contributed by atoms with van der Waals surface area (Å²) >= 11 is 0. The number of anilines is 1. The van der Waals surface area contributed by atoms with Gasteiger partial charge in [-0.1, -0.05) is 60.7 Å². The Morgan fingerprint density at radius 1 is 1.00 bits per heavy atom. The number of hydrogen-bond donors (Lipinski definition) is 1. The van der Waals surface area contributed by atoms with Gasteiger partial charge in [0.25, 0.3) is 11.9 Å². The van der Waals surface area contributed by atoms with E-state index in [4.69, 9.17) is 18.6 Å². The van der Waals surface area contributed by atoms with Gasteiger partial charge < -0.3 is 28.6 Å². The Hall–Kier alpha value is -5.56. The molecule has 6 rings (SSSR count). The zero-order valence-corrected chi connectivity index (χ0v) is 26.2. The van der Waals surface area contributed by atoms with Crippen LogP contribution in [0, 0.1) is 0 Å². The number of para-hydroxylation sites is 2. The van der Waals surface area contributed by atoms with Crippen molar-refractivity contribution in [1.29, 1.82) is 0 Å². The third kappa shape index (κ3) is 7.78. The molecule has 5 aromatic rings. The number of imide groups is 1. The molecule has 0 radical (unpaired) electrons. The number of ether oxygens (including phenoxy) is 3. The van der Waals surface area contributed by atoms with Gasteiger partial charge >= 0.3 is 12.3 Å². The maximum absolute atomic E-state index is 14.0. The van der Waals surface area contributed by atoms with Crippen molar-refractivity contribution in [2.24, 2.45) is 0 Å². The van der Waals surface area contributed by atoms with E-state index in [-0.39, 0.29) is 30.9 Å². The molecule has 1 aliphatic rings. The second-order valence-electron chi connectivity index (χ2n) is 11.4. The monoisotopic (exact) mass is 675 g/mol. The predicted octanol–water partition coefficient (Wildman–Crippen LogP) is 6.43. The van der Waals surface area contributed by atoms with E-state index in [2.05, 4.69) is 4.98 Å². The number of cyclic esters (lactones) is 1. The van der Waals surface area contributed by atoms with Crippen LogP contribution in [0.25, 0.3) is 11.1 Å². The second kappa shape index (κ2) is 14.3. The molecule has 0 spiro atoms. The highest BCUT2D eigenvalue weighted by molar-refractivity contribution is 5.96. The van der Waals surface area contributed by atoms with Gasteiger partial charge in [-0.05, 0) is 60.0 Å². The van der Waals surface area contributed by atoms with Crippen molar-refractivity contribution in [1.82, 2.24) is 9.88 Å². The molecule has 2 amide bonds. The van der Waals surface area contributed by atoms with Crippen molar-refractivity contribution in [3.63, 3.8) is 0 Å². The fourth-order valence-corrected chi connectivity index (χ4v) is 5.40. The number of carbonyl (C=O) groups is 2. The van der Waals surface area contributed by atoms with Crippen LogP contribution in [0.5, 0.6) is 11.5 Å². The molecule has 1 aliphatic heterocycles. The van der Waals surface area contributed by atoms with E-state index >= 15 is 0 Å². The van der Waals surface area contributed by atoms with Crippen LogP contribution in [0.3, 0.4) is 0 Å². The zero-order chi connectivity index (χ0) is 34.5. The van der Waals surface area contributed by atoms with Crippen LogP contribution < -0.4 is 14.4 Å². The summed E-state index contributed by atoms with van der Waals surface area (Å²) in [6.45, 7) is 0.602. The molecule has 3 atom stereocenters. The molecule has 0 unspecified atom stereocenters. The predicted molar refractivity (Wildman–Crippen MR) is 172 cm³/mol. The van der Waals surface area contributed by atoms with Crippen LogP contribution in [0.1, 0.15) is 22.8 Å². The van der Waals surface area contributed by atoms with E-state index in [1.54, 1.807) is 17.0 Å². The molecule has 2 heterocycles. The number of halogens is 3. The van der Waals surface area contributed by atoms with Gasteiger partial charge in [0, 0.05) is 7.05 Å². The molecular weight excluding hydrogens is 643 g/mol. The largest absolute Gasteiger partial charge is 0.492 e. The fourth-order valence-electron chi connectivity index (χ4n) is 5.40. The van der Waals surface area contributed by atoms with Crippen molar-refractivity contribution in [3.05, 3.63) is 120 Å². The summed E-state index contributed by atoms with van der Waals surface area (Å²) in [4.78, 5) is 33.9. The third-order valence-corrected chi connectivity index (χ3v) is 7.99. The topological polar surface area (TPSA) is 115 Å². The Bertz CT molecular complexity index is 1870. The van der Waals surface area contributed by atoms with Gasteiger partial charge in [-0.25, -0.2) is 9.69 Å². The number of alkyl halides is 3. The van der Waals surface area contributed by atoms with Crippen molar-refractivity contribution in [2.75, 3.05) is 31.7 Å². The van der Waals surface area contributed by atoms with E-state index in [1.807, 2.05) is 61.6 Å². The highest BCUT2D eigenvalue weighted by atomic mass is 19.4. The molecule has 1 N–H and O–H groups in total. The minimum Gasteiger partial charge on any atom is -0.492 e. The number of carbonyl (C=O) groups excluding carboxylic acids is 2. The number of hydrogen-bond acceptors (Lipinski definition) is 9. The van der Waals surface area contributed by atoms with Crippen LogP contribution in [-0.2, 0) is 22.1 Å². The van der Waals surface area contributed by atoms with Gasteiger partial charge in [-0.15, -0.1) is 0 Å². The van der Waals surface area contributed by atoms with E-state index in [9.17, 15) is 27.9 Å². The number of aromatic nitrogens is 1. The van der Waals surface area contributed by atoms with E-state index in [0.29, 0.717) is 23.9 Å². The van der Waals surface area contributed by atoms with E-state index in [0.717, 1.165) is 34.2 Å². The molecule has 13 heteroatoms. The zero-order valence-electron chi connectivity index (χ0n) is 26.2. The molecule has 49 heavy (non-hydrogen) atoms. The van der Waals surface area contributed by atoms with Gasteiger partial charge in [-0.2, -0.15) is 18.2 Å². The van der Waals surface area contributed by atoms with Crippen LogP contribution >= 0.6 is 0 Å². The molecule has 0 bridgehead atoms. The van der Waals surface area contributed by atoms with E-state index in [1.165, 1.54) is 18.2 Å². The minimum atomic E-state index is -4.68. The van der Waals surface area contributed by atoms with Crippen LogP contribution in [-0.4, -0.2) is 65.9 Å². The molecular formula is C36H32F3N3O7. The number of fused-ring (bicyclic) bond motifs is 1. The lowest BCUT2D eigenvalue weighted by atomic mass is 10.0. The average Bonchev–Trinajstić information content (AvgIpc) is 3.70. The smallest absolute Gasteiger partial charge is 0.417 e. The third-order valence-electron chi connectivity index (χ3n) is 7.99. The van der Waals surface area contributed by atoms with Crippen molar-refractivity contribution >= 4 is 29.1 Å². The van der Waals surface area contributed by atoms with Crippen molar-refractivity contribution < 1.29 is 46.5 Å². The molecule has 1 aromatic heterocycles. The van der Waals surface area contributed by atoms with Gasteiger partial charge in [-0.3, -0.25) is 4.79 Å². The average molecular weight is 676 g/mol. The molecule has 0 aliphatic carbocycles. The maximum Gasteiger partial charge on any atom is 0.417 e. The number of aliphatic hydroxyl groups is 1. The fraction of sp³-hybridized carbons (Fsp3) is 0.250. The quantitative estimate of drug-likeness (QED) is 0.160. The number of benzene rings is 4.